The van der Waals surface area contributed by atoms with Crippen LogP contribution < -0.4 is 4.72 Å². The minimum atomic E-state index is -3.96. The fraction of sp³-hybridized carbons (Fsp3) is 0.154. The lowest BCUT2D eigenvalue weighted by Gasteiger charge is -2.15. The SMILES string of the molecule is N#Cc1ccc(S(=O)(=O)N[C@@H](CO)c2ccco2)c(Cl)c1. The van der Waals surface area contributed by atoms with Gasteiger partial charge >= 0.3 is 0 Å². The highest BCUT2D eigenvalue weighted by Crippen LogP contribution is 2.24. The molecule has 0 fully saturated rings. The van der Waals surface area contributed by atoms with Crippen LogP contribution in [0.15, 0.2) is 45.9 Å². The number of furan rings is 1. The number of halogens is 1. The lowest BCUT2D eigenvalue weighted by Crippen LogP contribution is -2.30. The summed E-state index contributed by atoms with van der Waals surface area (Å²) in [5.41, 5.74) is 0.253. The van der Waals surface area contributed by atoms with Gasteiger partial charge in [-0.25, -0.2) is 8.42 Å². The first-order chi connectivity index (χ1) is 9.97. The predicted octanol–water partition coefficient (Wildman–Crippen LogP) is 1.82. The number of sulfonamides is 1. The zero-order valence-electron chi connectivity index (χ0n) is 10.7. The molecule has 0 aliphatic rings. The summed E-state index contributed by atoms with van der Waals surface area (Å²) in [7, 11) is -3.96. The summed E-state index contributed by atoms with van der Waals surface area (Å²) in [4.78, 5) is -0.173. The van der Waals surface area contributed by atoms with E-state index in [4.69, 9.17) is 21.3 Å². The molecule has 0 spiro atoms. The summed E-state index contributed by atoms with van der Waals surface area (Å²) in [6.45, 7) is -0.472. The third-order valence-corrected chi connectivity index (χ3v) is 4.67. The number of nitrogens with one attached hydrogen (secondary N) is 1. The van der Waals surface area contributed by atoms with E-state index in [-0.39, 0.29) is 21.2 Å². The molecular weight excluding hydrogens is 316 g/mol. The molecule has 6 nitrogen and oxygen atoms in total. The lowest BCUT2D eigenvalue weighted by molar-refractivity contribution is 0.242. The maximum Gasteiger partial charge on any atom is 0.242 e. The van der Waals surface area contributed by atoms with Gasteiger partial charge in [0, 0.05) is 0 Å². The Morgan fingerprint density at radius 3 is 2.71 bits per heavy atom. The van der Waals surface area contributed by atoms with E-state index in [9.17, 15) is 13.5 Å². The summed E-state index contributed by atoms with van der Waals surface area (Å²) in [5, 5.41) is 18.0. The van der Waals surface area contributed by atoms with Crippen molar-refractivity contribution in [2.75, 3.05) is 6.61 Å². The first-order valence-electron chi connectivity index (χ1n) is 5.84. The van der Waals surface area contributed by atoms with Crippen molar-refractivity contribution in [1.82, 2.24) is 4.72 Å². The van der Waals surface area contributed by atoms with Crippen LogP contribution in [0.1, 0.15) is 17.4 Å². The number of aliphatic hydroxyl groups is 1. The quantitative estimate of drug-likeness (QED) is 0.872. The first kappa shape index (κ1) is 15.5. The van der Waals surface area contributed by atoms with Gasteiger partial charge in [-0.2, -0.15) is 9.98 Å². The van der Waals surface area contributed by atoms with Crippen molar-refractivity contribution in [1.29, 1.82) is 5.26 Å². The maximum absolute atomic E-state index is 12.3. The summed E-state index contributed by atoms with van der Waals surface area (Å²) < 4.78 is 31.9. The molecule has 0 radical (unpaired) electrons. The standard InChI is InChI=1S/C13H11ClN2O4S/c14-10-6-9(7-15)3-4-13(10)21(18,19)16-11(8-17)12-2-1-5-20-12/h1-6,11,16-17H,8H2/t11-/m0/s1. The second-order valence-corrected chi connectivity index (χ2v) is 6.22. The van der Waals surface area contributed by atoms with E-state index in [1.807, 2.05) is 6.07 Å². The number of hydrogen-bond acceptors (Lipinski definition) is 5. The second-order valence-electron chi connectivity index (χ2n) is 4.13. The van der Waals surface area contributed by atoms with E-state index in [0.717, 1.165) is 0 Å². The Kier molecular flexibility index (Phi) is 4.65. The van der Waals surface area contributed by atoms with Crippen molar-refractivity contribution in [3.05, 3.63) is 52.9 Å². The van der Waals surface area contributed by atoms with E-state index in [2.05, 4.69) is 4.72 Å². The number of aliphatic hydroxyl groups excluding tert-OH is 1. The van der Waals surface area contributed by atoms with Crippen LogP contribution in [-0.4, -0.2) is 20.1 Å². The fourth-order valence-corrected chi connectivity index (χ4v) is 3.45. The van der Waals surface area contributed by atoms with Gasteiger partial charge in [0.05, 0.1) is 29.5 Å². The van der Waals surface area contributed by atoms with Crippen LogP contribution in [0.25, 0.3) is 0 Å². The van der Waals surface area contributed by atoms with E-state index < -0.39 is 22.7 Å². The molecule has 21 heavy (non-hydrogen) atoms. The topological polar surface area (TPSA) is 103 Å². The van der Waals surface area contributed by atoms with E-state index >= 15 is 0 Å². The van der Waals surface area contributed by atoms with Crippen molar-refractivity contribution < 1.29 is 17.9 Å². The molecule has 110 valence electrons. The van der Waals surface area contributed by atoms with Crippen molar-refractivity contribution in [3.8, 4) is 6.07 Å². The van der Waals surface area contributed by atoms with Crippen LogP contribution >= 0.6 is 11.6 Å². The van der Waals surface area contributed by atoms with E-state index in [1.165, 1.54) is 24.5 Å². The molecule has 0 saturated carbocycles. The number of rotatable bonds is 5. The molecule has 0 aliphatic heterocycles. The van der Waals surface area contributed by atoms with Crippen LogP contribution in [0, 0.1) is 11.3 Å². The lowest BCUT2D eigenvalue weighted by atomic mass is 10.2. The van der Waals surface area contributed by atoms with Gasteiger partial charge in [-0.3, -0.25) is 0 Å². The molecule has 0 saturated heterocycles. The number of nitrogens with zero attached hydrogens (tertiary/aromatic N) is 1. The van der Waals surface area contributed by atoms with Gasteiger partial charge in [0.25, 0.3) is 0 Å². The van der Waals surface area contributed by atoms with Crippen LogP contribution in [0.3, 0.4) is 0 Å². The molecule has 1 heterocycles. The highest BCUT2D eigenvalue weighted by molar-refractivity contribution is 7.89. The van der Waals surface area contributed by atoms with Gasteiger partial charge in [0.1, 0.15) is 16.7 Å². The Morgan fingerprint density at radius 1 is 1.43 bits per heavy atom. The summed E-state index contributed by atoms with van der Waals surface area (Å²) in [6, 6.07) is 7.92. The minimum Gasteiger partial charge on any atom is -0.468 e. The highest BCUT2D eigenvalue weighted by atomic mass is 35.5. The molecule has 2 N–H and O–H groups in total. The van der Waals surface area contributed by atoms with Gasteiger partial charge in [-0.05, 0) is 30.3 Å². The third kappa shape index (κ3) is 3.43. The first-order valence-corrected chi connectivity index (χ1v) is 7.70. The maximum atomic E-state index is 12.3. The molecule has 0 aliphatic carbocycles. The number of nitriles is 1. The Labute approximate surface area is 126 Å². The monoisotopic (exact) mass is 326 g/mol. The molecule has 1 aromatic carbocycles. The minimum absolute atomic E-state index is 0.0716. The van der Waals surface area contributed by atoms with Gasteiger partial charge in [0.2, 0.25) is 10.0 Å². The smallest absolute Gasteiger partial charge is 0.242 e. The zero-order chi connectivity index (χ0) is 15.5. The van der Waals surface area contributed by atoms with Gasteiger partial charge in [-0.1, -0.05) is 11.6 Å². The van der Waals surface area contributed by atoms with Gasteiger partial charge in [0.15, 0.2) is 0 Å². The van der Waals surface area contributed by atoms with Crippen LogP contribution in [0.4, 0.5) is 0 Å². The fourth-order valence-electron chi connectivity index (χ4n) is 1.71. The normalized spacial score (nSPS) is 12.8. The summed E-state index contributed by atoms with van der Waals surface area (Å²) in [5.74, 6) is 0.283. The Hall–Kier alpha value is -1.85. The average Bonchev–Trinajstić information content (AvgIpc) is 2.98. The number of hydrogen-bond donors (Lipinski definition) is 2. The predicted molar refractivity (Wildman–Crippen MR) is 75.0 cm³/mol. The Bertz CT molecular complexity index is 766. The molecule has 0 amide bonds. The molecule has 0 unspecified atom stereocenters. The largest absolute Gasteiger partial charge is 0.468 e. The van der Waals surface area contributed by atoms with E-state index in [0.29, 0.717) is 0 Å². The van der Waals surface area contributed by atoms with Gasteiger partial charge in [-0.15, -0.1) is 0 Å². The zero-order valence-corrected chi connectivity index (χ0v) is 12.2. The van der Waals surface area contributed by atoms with Crippen molar-refractivity contribution in [2.24, 2.45) is 0 Å². The van der Waals surface area contributed by atoms with E-state index in [1.54, 1.807) is 12.1 Å². The third-order valence-electron chi connectivity index (χ3n) is 2.72. The molecular formula is C13H11ClN2O4S. The van der Waals surface area contributed by atoms with Crippen molar-refractivity contribution >= 4 is 21.6 Å². The van der Waals surface area contributed by atoms with Crippen molar-refractivity contribution in [2.45, 2.75) is 10.9 Å². The molecule has 1 atom stereocenters. The Morgan fingerprint density at radius 2 is 2.19 bits per heavy atom. The highest BCUT2D eigenvalue weighted by Gasteiger charge is 2.24. The van der Waals surface area contributed by atoms with Crippen LogP contribution in [0.5, 0.6) is 0 Å². The van der Waals surface area contributed by atoms with Gasteiger partial charge < -0.3 is 9.52 Å². The molecule has 2 aromatic rings. The summed E-state index contributed by atoms with van der Waals surface area (Å²) in [6.07, 6.45) is 1.38. The summed E-state index contributed by atoms with van der Waals surface area (Å²) >= 11 is 5.89. The van der Waals surface area contributed by atoms with Crippen molar-refractivity contribution in [3.63, 3.8) is 0 Å². The Balaban J connectivity index is 2.32. The average molecular weight is 327 g/mol. The molecule has 2 rings (SSSR count). The molecule has 0 bridgehead atoms. The second kappa shape index (κ2) is 6.28. The van der Waals surface area contributed by atoms with Crippen LogP contribution in [-0.2, 0) is 10.0 Å². The molecule has 1 aromatic heterocycles. The molecule has 8 heteroatoms. The van der Waals surface area contributed by atoms with Crippen LogP contribution in [0.2, 0.25) is 5.02 Å². The number of benzene rings is 1.